The van der Waals surface area contributed by atoms with Gasteiger partial charge in [0.25, 0.3) is 5.91 Å². The first-order valence-electron chi connectivity index (χ1n) is 7.76. The van der Waals surface area contributed by atoms with Crippen molar-refractivity contribution in [3.05, 3.63) is 48.2 Å². The number of hydrogen-bond donors (Lipinski definition) is 1. The third-order valence-corrected chi connectivity index (χ3v) is 3.41. The van der Waals surface area contributed by atoms with Crippen molar-refractivity contribution in [2.24, 2.45) is 0 Å². The molecule has 0 saturated carbocycles. The van der Waals surface area contributed by atoms with Crippen LogP contribution in [0.25, 0.3) is 11.0 Å². The van der Waals surface area contributed by atoms with E-state index in [-0.39, 0.29) is 12.4 Å². The first-order chi connectivity index (χ1) is 11.6. The molecule has 24 heavy (non-hydrogen) atoms. The molecule has 0 saturated heterocycles. The molecule has 2 aromatic rings. The van der Waals surface area contributed by atoms with Gasteiger partial charge in [0.05, 0.1) is 6.61 Å². The second kappa shape index (κ2) is 8.31. The van der Waals surface area contributed by atoms with Crippen molar-refractivity contribution < 1.29 is 23.5 Å². The summed E-state index contributed by atoms with van der Waals surface area (Å²) >= 11 is 0. The summed E-state index contributed by atoms with van der Waals surface area (Å²) in [6.07, 6.45) is 0.608. The van der Waals surface area contributed by atoms with E-state index in [2.05, 4.69) is 11.9 Å². The van der Waals surface area contributed by atoms with Crippen LogP contribution in [0.4, 0.5) is 0 Å². The topological polar surface area (TPSA) is 77.8 Å². The fourth-order valence-corrected chi connectivity index (χ4v) is 2.20. The number of hydrogen-bond acceptors (Lipinski definition) is 5. The van der Waals surface area contributed by atoms with E-state index in [1.54, 1.807) is 12.1 Å². The molecule has 0 aliphatic heterocycles. The van der Waals surface area contributed by atoms with E-state index in [0.717, 1.165) is 5.39 Å². The summed E-state index contributed by atoms with van der Waals surface area (Å²) in [5, 5.41) is 3.37. The summed E-state index contributed by atoms with van der Waals surface area (Å²) in [7, 11) is 0. The summed E-state index contributed by atoms with van der Waals surface area (Å²) in [5.41, 5.74) is 1.19. The average molecular weight is 331 g/mol. The van der Waals surface area contributed by atoms with Crippen LogP contribution in [0.1, 0.15) is 30.0 Å². The van der Waals surface area contributed by atoms with Crippen LogP contribution < -0.4 is 5.32 Å². The smallest absolute Gasteiger partial charge is 0.375 e. The van der Waals surface area contributed by atoms with Crippen LogP contribution in [-0.4, -0.2) is 31.1 Å². The van der Waals surface area contributed by atoms with Gasteiger partial charge in [-0.3, -0.25) is 4.79 Å². The van der Waals surface area contributed by atoms with Crippen molar-refractivity contribution in [1.82, 2.24) is 5.32 Å². The lowest BCUT2D eigenvalue weighted by molar-refractivity contribution is -0.128. The lowest BCUT2D eigenvalue weighted by Crippen LogP contribution is -2.35. The average Bonchev–Trinajstić information content (AvgIpc) is 2.96. The highest BCUT2D eigenvalue weighted by atomic mass is 16.6. The first-order valence-corrected chi connectivity index (χ1v) is 7.76. The molecule has 0 fully saturated rings. The van der Waals surface area contributed by atoms with Gasteiger partial charge in [-0.1, -0.05) is 24.3 Å². The molecule has 1 atom stereocenters. The Bertz CT molecular complexity index is 734. The number of furan rings is 1. The highest BCUT2D eigenvalue weighted by molar-refractivity contribution is 5.97. The normalized spacial score (nSPS) is 11.9. The van der Waals surface area contributed by atoms with Crippen molar-refractivity contribution in [1.29, 1.82) is 0 Å². The van der Waals surface area contributed by atoms with Crippen LogP contribution >= 0.6 is 0 Å². The molecule has 128 valence electrons. The van der Waals surface area contributed by atoms with Crippen LogP contribution in [0.3, 0.4) is 0 Å². The molecule has 6 nitrogen and oxygen atoms in total. The number of para-hydroxylation sites is 1. The molecule has 0 unspecified atom stereocenters. The molecule has 0 aliphatic rings. The van der Waals surface area contributed by atoms with Gasteiger partial charge in [0.15, 0.2) is 6.10 Å². The van der Waals surface area contributed by atoms with Crippen molar-refractivity contribution in [2.45, 2.75) is 26.6 Å². The number of rotatable bonds is 8. The number of carbonyl (C=O) groups excluding carboxylic acids is 2. The third-order valence-electron chi connectivity index (χ3n) is 3.41. The number of amides is 1. The Labute approximate surface area is 140 Å². The molecule has 1 amide bonds. The van der Waals surface area contributed by atoms with E-state index in [4.69, 9.17) is 13.9 Å². The highest BCUT2D eigenvalue weighted by Gasteiger charge is 2.25. The molecule has 6 heteroatoms. The Kier molecular flexibility index (Phi) is 6.14. The van der Waals surface area contributed by atoms with Crippen LogP contribution in [0.2, 0.25) is 0 Å². The minimum absolute atomic E-state index is 0.0630. The molecule has 0 aliphatic carbocycles. The molecule has 0 bridgehead atoms. The maximum atomic E-state index is 12.4. The predicted octanol–water partition coefficient (Wildman–Crippen LogP) is 2.82. The van der Waals surface area contributed by atoms with Gasteiger partial charge in [-0.05, 0) is 19.9 Å². The minimum Gasteiger partial charge on any atom is -0.449 e. The van der Waals surface area contributed by atoms with Gasteiger partial charge in [-0.2, -0.15) is 0 Å². The molecule has 1 aromatic carbocycles. The fraction of sp³-hybridized carbons (Fsp3) is 0.333. The van der Waals surface area contributed by atoms with Crippen LogP contribution in [0, 0.1) is 0 Å². The number of fused-ring (bicyclic) bond motifs is 1. The van der Waals surface area contributed by atoms with Crippen LogP contribution in [0.5, 0.6) is 0 Å². The molecular weight excluding hydrogens is 310 g/mol. The molecule has 0 spiro atoms. The van der Waals surface area contributed by atoms with Gasteiger partial charge in [0.1, 0.15) is 5.58 Å². The fourth-order valence-electron chi connectivity index (χ4n) is 2.20. The van der Waals surface area contributed by atoms with Gasteiger partial charge in [-0.25, -0.2) is 4.79 Å². The van der Waals surface area contributed by atoms with Crippen molar-refractivity contribution in [3.63, 3.8) is 0 Å². The SMILES string of the molecule is C=CCNC(=O)[C@@H](C)OC(=O)c1oc2ccccc2c1COCC. The predicted molar refractivity (Wildman–Crippen MR) is 89.6 cm³/mol. The number of carbonyl (C=O) groups is 2. The lowest BCUT2D eigenvalue weighted by atomic mass is 10.1. The van der Waals surface area contributed by atoms with Gasteiger partial charge in [-0.15, -0.1) is 6.58 Å². The largest absolute Gasteiger partial charge is 0.449 e. The zero-order valence-electron chi connectivity index (χ0n) is 13.8. The van der Waals surface area contributed by atoms with E-state index >= 15 is 0 Å². The minimum atomic E-state index is -0.939. The number of benzene rings is 1. The second-order valence-electron chi connectivity index (χ2n) is 5.12. The molecule has 1 heterocycles. The van der Waals surface area contributed by atoms with Gasteiger partial charge in [0.2, 0.25) is 5.76 Å². The molecule has 1 aromatic heterocycles. The summed E-state index contributed by atoms with van der Waals surface area (Å²) in [5.74, 6) is -1.03. The Morgan fingerprint density at radius 2 is 2.12 bits per heavy atom. The van der Waals surface area contributed by atoms with Crippen LogP contribution in [0.15, 0.2) is 41.3 Å². The summed E-state index contributed by atoms with van der Waals surface area (Å²) in [6.45, 7) is 7.93. The monoisotopic (exact) mass is 331 g/mol. The second-order valence-corrected chi connectivity index (χ2v) is 5.12. The Hall–Kier alpha value is -2.60. The maximum absolute atomic E-state index is 12.4. The number of ether oxygens (including phenoxy) is 2. The zero-order chi connectivity index (χ0) is 17.5. The van der Waals surface area contributed by atoms with Crippen molar-refractivity contribution in [3.8, 4) is 0 Å². The molecule has 0 radical (unpaired) electrons. The third kappa shape index (κ3) is 4.02. The standard InChI is InChI=1S/C18H21NO5/c1-4-10-19-17(20)12(3)23-18(21)16-14(11-22-5-2)13-8-6-7-9-15(13)24-16/h4,6-9,12H,1,5,10-11H2,2-3H3,(H,19,20)/t12-/m1/s1. The van der Waals surface area contributed by atoms with E-state index in [1.165, 1.54) is 6.92 Å². The zero-order valence-corrected chi connectivity index (χ0v) is 13.8. The van der Waals surface area contributed by atoms with Crippen molar-refractivity contribution >= 4 is 22.8 Å². The Morgan fingerprint density at radius 3 is 2.83 bits per heavy atom. The number of nitrogens with one attached hydrogen (secondary N) is 1. The highest BCUT2D eigenvalue weighted by Crippen LogP contribution is 2.27. The Balaban J connectivity index is 2.21. The van der Waals surface area contributed by atoms with Gasteiger partial charge in [0, 0.05) is 24.1 Å². The maximum Gasteiger partial charge on any atom is 0.375 e. The van der Waals surface area contributed by atoms with Crippen molar-refractivity contribution in [2.75, 3.05) is 13.2 Å². The molecule has 1 N–H and O–H groups in total. The quantitative estimate of drug-likeness (QED) is 0.594. The van der Waals surface area contributed by atoms with Gasteiger partial charge >= 0.3 is 5.97 Å². The van der Waals surface area contributed by atoms with E-state index in [1.807, 2.05) is 25.1 Å². The lowest BCUT2D eigenvalue weighted by Gasteiger charge is -2.12. The molecular formula is C18H21NO5. The summed E-state index contributed by atoms with van der Waals surface area (Å²) in [6, 6.07) is 7.29. The first kappa shape index (κ1) is 17.7. The van der Waals surface area contributed by atoms with E-state index in [0.29, 0.717) is 24.3 Å². The molecule has 2 rings (SSSR count). The Morgan fingerprint density at radius 1 is 1.38 bits per heavy atom. The van der Waals surface area contributed by atoms with Crippen LogP contribution in [-0.2, 0) is 20.9 Å². The van der Waals surface area contributed by atoms with Gasteiger partial charge < -0.3 is 19.2 Å². The summed E-state index contributed by atoms with van der Waals surface area (Å²) < 4.78 is 16.3. The summed E-state index contributed by atoms with van der Waals surface area (Å²) in [4.78, 5) is 24.2. The van der Waals surface area contributed by atoms with E-state index in [9.17, 15) is 9.59 Å². The van der Waals surface area contributed by atoms with E-state index < -0.39 is 18.0 Å². The number of esters is 1.